The number of carbonyl (C=O) groups is 1. The standard InChI is InChI=1S/C14H28O3Si/c1-9-11-14(6,12(15)16-10-2)17-18(7,8)13(3,4)5/h9H,1,10-11H2,2-8H3. The molecule has 1 unspecified atom stereocenters. The molecule has 0 aliphatic heterocycles. The third kappa shape index (κ3) is 4.25. The monoisotopic (exact) mass is 272 g/mol. The Kier molecular flexibility index (Phi) is 5.81. The van der Waals surface area contributed by atoms with Crippen molar-refractivity contribution in [3.8, 4) is 0 Å². The molecule has 106 valence electrons. The second-order valence-corrected chi connectivity index (χ2v) is 11.0. The van der Waals surface area contributed by atoms with Gasteiger partial charge in [0.15, 0.2) is 13.9 Å². The molecule has 4 heteroatoms. The zero-order valence-corrected chi connectivity index (χ0v) is 13.9. The summed E-state index contributed by atoms with van der Waals surface area (Å²) in [6.07, 6.45) is 2.18. The quantitative estimate of drug-likeness (QED) is 0.418. The third-order valence-corrected chi connectivity index (χ3v) is 8.10. The minimum Gasteiger partial charge on any atom is -0.464 e. The van der Waals surface area contributed by atoms with Crippen molar-refractivity contribution in [3.63, 3.8) is 0 Å². The summed E-state index contributed by atoms with van der Waals surface area (Å²) in [5.41, 5.74) is -0.916. The predicted octanol–water partition coefficient (Wildman–Crippen LogP) is 3.91. The maximum absolute atomic E-state index is 12.1. The minimum atomic E-state index is -2.02. The van der Waals surface area contributed by atoms with Gasteiger partial charge in [-0.2, -0.15) is 0 Å². The van der Waals surface area contributed by atoms with Gasteiger partial charge in [0.2, 0.25) is 0 Å². The first-order chi connectivity index (χ1) is 8.00. The first-order valence-corrected chi connectivity index (χ1v) is 9.39. The maximum atomic E-state index is 12.1. The fourth-order valence-electron chi connectivity index (χ4n) is 1.44. The molecule has 0 N–H and O–H groups in total. The fraction of sp³-hybridized carbons (Fsp3) is 0.786. The normalized spacial score (nSPS) is 15.9. The Hall–Kier alpha value is -0.613. The van der Waals surface area contributed by atoms with Crippen LogP contribution in [0.4, 0.5) is 0 Å². The zero-order valence-electron chi connectivity index (χ0n) is 12.9. The summed E-state index contributed by atoms with van der Waals surface area (Å²) in [6, 6.07) is 0. The molecule has 0 aliphatic rings. The topological polar surface area (TPSA) is 35.5 Å². The molecule has 0 heterocycles. The third-order valence-electron chi connectivity index (χ3n) is 3.53. The van der Waals surface area contributed by atoms with E-state index in [2.05, 4.69) is 40.4 Å². The Morgan fingerprint density at radius 1 is 1.28 bits per heavy atom. The Morgan fingerprint density at radius 3 is 2.11 bits per heavy atom. The molecule has 0 aromatic rings. The molecule has 0 aliphatic carbocycles. The Balaban J connectivity index is 5.14. The number of rotatable bonds is 6. The molecular weight excluding hydrogens is 244 g/mol. The molecule has 0 amide bonds. The molecule has 3 nitrogen and oxygen atoms in total. The van der Waals surface area contributed by atoms with Gasteiger partial charge in [-0.15, -0.1) is 6.58 Å². The van der Waals surface area contributed by atoms with Crippen molar-refractivity contribution in [2.45, 2.75) is 64.8 Å². The average molecular weight is 272 g/mol. The van der Waals surface area contributed by atoms with Gasteiger partial charge in [-0.05, 0) is 32.0 Å². The number of hydrogen-bond acceptors (Lipinski definition) is 3. The van der Waals surface area contributed by atoms with Crippen LogP contribution in [0.2, 0.25) is 18.1 Å². The van der Waals surface area contributed by atoms with Gasteiger partial charge in [-0.3, -0.25) is 0 Å². The largest absolute Gasteiger partial charge is 0.464 e. The SMILES string of the molecule is C=CCC(C)(O[Si](C)(C)C(C)(C)C)C(=O)OCC. The summed E-state index contributed by atoms with van der Waals surface area (Å²) in [5.74, 6) is -0.297. The van der Waals surface area contributed by atoms with E-state index in [1.807, 2.05) is 0 Å². The van der Waals surface area contributed by atoms with E-state index in [9.17, 15) is 4.79 Å². The van der Waals surface area contributed by atoms with Gasteiger partial charge in [-0.1, -0.05) is 26.8 Å². The molecule has 0 rings (SSSR count). The highest BCUT2D eigenvalue weighted by Gasteiger charge is 2.46. The molecule has 0 spiro atoms. The molecule has 0 radical (unpaired) electrons. The van der Waals surface area contributed by atoms with E-state index in [-0.39, 0.29) is 11.0 Å². The molecular formula is C14H28O3Si. The van der Waals surface area contributed by atoms with Crippen LogP contribution in [0.5, 0.6) is 0 Å². The van der Waals surface area contributed by atoms with Crippen LogP contribution in [-0.4, -0.2) is 26.5 Å². The lowest BCUT2D eigenvalue weighted by Gasteiger charge is -2.42. The van der Waals surface area contributed by atoms with Crippen LogP contribution in [0.3, 0.4) is 0 Å². The summed E-state index contributed by atoms with van der Waals surface area (Å²) in [5, 5.41) is 0.0575. The van der Waals surface area contributed by atoms with Gasteiger partial charge >= 0.3 is 5.97 Å². The van der Waals surface area contributed by atoms with Crippen LogP contribution < -0.4 is 0 Å². The highest BCUT2D eigenvalue weighted by atomic mass is 28.4. The van der Waals surface area contributed by atoms with E-state index in [1.54, 1.807) is 19.9 Å². The molecule has 0 fully saturated rings. The van der Waals surface area contributed by atoms with Crippen molar-refractivity contribution in [1.82, 2.24) is 0 Å². The summed E-state index contributed by atoms with van der Waals surface area (Å²) in [7, 11) is -2.02. The lowest BCUT2D eigenvalue weighted by Crippen LogP contribution is -2.52. The Labute approximate surface area is 113 Å². The molecule has 18 heavy (non-hydrogen) atoms. The van der Waals surface area contributed by atoms with E-state index in [4.69, 9.17) is 9.16 Å². The molecule has 0 bridgehead atoms. The van der Waals surface area contributed by atoms with Crippen molar-refractivity contribution in [2.75, 3.05) is 6.61 Å². The first kappa shape index (κ1) is 17.4. The first-order valence-electron chi connectivity index (χ1n) is 6.48. The Morgan fingerprint density at radius 2 is 1.78 bits per heavy atom. The van der Waals surface area contributed by atoms with E-state index >= 15 is 0 Å². The van der Waals surface area contributed by atoms with Crippen molar-refractivity contribution in [3.05, 3.63) is 12.7 Å². The van der Waals surface area contributed by atoms with Crippen LogP contribution in [0.25, 0.3) is 0 Å². The summed E-state index contributed by atoms with van der Waals surface area (Å²) in [6.45, 7) is 18.4. The van der Waals surface area contributed by atoms with E-state index < -0.39 is 13.9 Å². The summed E-state index contributed by atoms with van der Waals surface area (Å²) >= 11 is 0. The van der Waals surface area contributed by atoms with Crippen molar-refractivity contribution >= 4 is 14.3 Å². The van der Waals surface area contributed by atoms with Gasteiger partial charge in [0.1, 0.15) is 0 Å². The lowest BCUT2D eigenvalue weighted by molar-refractivity contribution is -0.161. The lowest BCUT2D eigenvalue weighted by atomic mass is 10.0. The van der Waals surface area contributed by atoms with Crippen molar-refractivity contribution < 1.29 is 14.0 Å². The molecule has 0 aromatic carbocycles. The zero-order chi connectivity index (χ0) is 14.6. The van der Waals surface area contributed by atoms with Gasteiger partial charge in [-0.25, -0.2) is 4.79 Å². The van der Waals surface area contributed by atoms with Crippen molar-refractivity contribution in [1.29, 1.82) is 0 Å². The van der Waals surface area contributed by atoms with Crippen LogP contribution >= 0.6 is 0 Å². The van der Waals surface area contributed by atoms with Gasteiger partial charge in [0.05, 0.1) is 6.61 Å². The molecule has 0 saturated heterocycles. The van der Waals surface area contributed by atoms with Gasteiger partial charge in [0, 0.05) is 6.42 Å². The highest BCUT2D eigenvalue weighted by molar-refractivity contribution is 6.74. The minimum absolute atomic E-state index is 0.0575. The molecule has 0 aromatic heterocycles. The number of esters is 1. The second kappa shape index (κ2) is 6.02. The van der Waals surface area contributed by atoms with E-state index in [0.717, 1.165) is 0 Å². The Bertz CT molecular complexity index is 305. The van der Waals surface area contributed by atoms with Crippen molar-refractivity contribution in [2.24, 2.45) is 0 Å². The van der Waals surface area contributed by atoms with Crippen LogP contribution in [0.1, 0.15) is 41.0 Å². The fourth-order valence-corrected chi connectivity index (χ4v) is 3.04. The highest BCUT2D eigenvalue weighted by Crippen LogP contribution is 2.40. The molecule has 0 saturated carbocycles. The van der Waals surface area contributed by atoms with E-state index in [0.29, 0.717) is 13.0 Å². The number of carbonyl (C=O) groups excluding carboxylic acids is 1. The number of ether oxygens (including phenoxy) is 1. The van der Waals surface area contributed by atoms with Gasteiger partial charge in [0.25, 0.3) is 0 Å². The second-order valence-electron chi connectivity index (χ2n) is 6.31. The van der Waals surface area contributed by atoms with Gasteiger partial charge < -0.3 is 9.16 Å². The van der Waals surface area contributed by atoms with Crippen LogP contribution in [0.15, 0.2) is 12.7 Å². The average Bonchev–Trinajstić information content (AvgIpc) is 2.15. The van der Waals surface area contributed by atoms with Crippen LogP contribution in [0, 0.1) is 0 Å². The molecule has 1 atom stereocenters. The maximum Gasteiger partial charge on any atom is 0.337 e. The number of hydrogen-bond donors (Lipinski definition) is 0. The van der Waals surface area contributed by atoms with Crippen LogP contribution in [-0.2, 0) is 14.0 Å². The smallest absolute Gasteiger partial charge is 0.337 e. The van der Waals surface area contributed by atoms with E-state index in [1.165, 1.54) is 0 Å². The predicted molar refractivity (Wildman–Crippen MR) is 78.1 cm³/mol. The summed E-state index contributed by atoms with van der Waals surface area (Å²) in [4.78, 5) is 12.1. The summed E-state index contributed by atoms with van der Waals surface area (Å²) < 4.78 is 11.4.